The molecule has 4 heteroatoms. The minimum atomic E-state index is -0.325. The van der Waals surface area contributed by atoms with Gasteiger partial charge in [0.15, 0.2) is 0 Å². The lowest BCUT2D eigenvalue weighted by molar-refractivity contribution is 0.413. The van der Waals surface area contributed by atoms with Gasteiger partial charge in [-0.05, 0) is 12.1 Å². The molecule has 60 valence electrons. The molecule has 0 atom stereocenters. The van der Waals surface area contributed by atoms with Gasteiger partial charge in [-0.3, -0.25) is 0 Å². The first kappa shape index (κ1) is 8.20. The smallest absolute Gasteiger partial charge is 0.145 e. The lowest BCUT2D eigenvalue weighted by atomic mass is 10.3. The summed E-state index contributed by atoms with van der Waals surface area (Å²) in [5.74, 6) is 0.120. The van der Waals surface area contributed by atoms with Gasteiger partial charge in [0.25, 0.3) is 0 Å². The number of halogens is 1. The first-order chi connectivity index (χ1) is 5.27. The topological polar surface area (TPSA) is 21.3 Å². The van der Waals surface area contributed by atoms with E-state index >= 15 is 0 Å². The monoisotopic (exact) mass is 173 g/mol. The Kier molecular flexibility index (Phi) is 2.59. The second-order valence-electron chi connectivity index (χ2n) is 1.96. The normalized spacial score (nSPS) is 9.36. The van der Waals surface area contributed by atoms with Crippen molar-refractivity contribution in [1.82, 2.24) is 0 Å². The number of nitrogens with one attached hydrogen (secondary N) is 1. The van der Waals surface area contributed by atoms with Gasteiger partial charge in [-0.25, -0.2) is 4.39 Å². The number of hydrogen-bond acceptors (Lipinski definition) is 3. The average Bonchev–Trinajstić information content (AvgIpc) is 2.04. The number of methoxy groups -OCH3 is 1. The molecule has 1 aromatic carbocycles. The summed E-state index contributed by atoms with van der Waals surface area (Å²) in [6.07, 6.45) is 0. The SMILES string of the molecule is COc1cc(F)ccc1NS. The molecule has 0 saturated carbocycles. The van der Waals surface area contributed by atoms with Crippen molar-refractivity contribution in [3.05, 3.63) is 24.0 Å². The van der Waals surface area contributed by atoms with Crippen LogP contribution in [0, 0.1) is 5.82 Å². The van der Waals surface area contributed by atoms with Crippen LogP contribution in [-0.2, 0) is 0 Å². The summed E-state index contributed by atoms with van der Waals surface area (Å²) in [6.45, 7) is 0. The van der Waals surface area contributed by atoms with Crippen LogP contribution in [0.2, 0.25) is 0 Å². The predicted molar refractivity (Wildman–Crippen MR) is 45.6 cm³/mol. The summed E-state index contributed by atoms with van der Waals surface area (Å²) in [5, 5.41) is 0. The zero-order chi connectivity index (χ0) is 8.27. The summed E-state index contributed by atoms with van der Waals surface area (Å²) in [7, 11) is 1.48. The van der Waals surface area contributed by atoms with E-state index in [2.05, 4.69) is 17.5 Å². The van der Waals surface area contributed by atoms with E-state index in [-0.39, 0.29) is 5.82 Å². The van der Waals surface area contributed by atoms with Gasteiger partial charge in [0.05, 0.1) is 12.8 Å². The van der Waals surface area contributed by atoms with Crippen molar-refractivity contribution in [2.75, 3.05) is 11.8 Å². The molecule has 0 heterocycles. The van der Waals surface area contributed by atoms with Crippen molar-refractivity contribution in [1.29, 1.82) is 0 Å². The predicted octanol–water partition coefficient (Wildman–Crippen LogP) is 2.09. The van der Waals surface area contributed by atoms with E-state index in [1.54, 1.807) is 6.07 Å². The largest absolute Gasteiger partial charge is 0.494 e. The molecule has 1 N–H and O–H groups in total. The number of anilines is 1. The number of hydrogen-bond donors (Lipinski definition) is 2. The maximum atomic E-state index is 12.5. The van der Waals surface area contributed by atoms with Crippen molar-refractivity contribution in [3.63, 3.8) is 0 Å². The molecule has 0 radical (unpaired) electrons. The molecule has 0 aliphatic carbocycles. The van der Waals surface area contributed by atoms with E-state index in [1.165, 1.54) is 19.2 Å². The summed E-state index contributed by atoms with van der Waals surface area (Å²) < 4.78 is 20.0. The van der Waals surface area contributed by atoms with Crippen LogP contribution in [0.5, 0.6) is 5.75 Å². The van der Waals surface area contributed by atoms with E-state index in [1.807, 2.05) is 0 Å². The van der Waals surface area contributed by atoms with Crippen LogP contribution in [0.4, 0.5) is 10.1 Å². The number of benzene rings is 1. The van der Waals surface area contributed by atoms with Gasteiger partial charge < -0.3 is 9.46 Å². The van der Waals surface area contributed by atoms with Crippen LogP contribution in [0.25, 0.3) is 0 Å². The van der Waals surface area contributed by atoms with Gasteiger partial charge in [-0.2, -0.15) is 0 Å². The second-order valence-corrected chi connectivity index (χ2v) is 2.18. The highest BCUT2D eigenvalue weighted by molar-refractivity contribution is 7.81. The van der Waals surface area contributed by atoms with Crippen molar-refractivity contribution >= 4 is 18.5 Å². The van der Waals surface area contributed by atoms with E-state index in [9.17, 15) is 4.39 Å². The van der Waals surface area contributed by atoms with Crippen molar-refractivity contribution < 1.29 is 9.13 Å². The molecule has 0 unspecified atom stereocenters. The Hall–Kier alpha value is -0.900. The molecule has 0 aromatic heterocycles. The van der Waals surface area contributed by atoms with Gasteiger partial charge >= 0.3 is 0 Å². The van der Waals surface area contributed by atoms with Crippen molar-refractivity contribution in [2.24, 2.45) is 0 Å². The Bertz CT molecular complexity index is 254. The van der Waals surface area contributed by atoms with Crippen LogP contribution in [0.1, 0.15) is 0 Å². The van der Waals surface area contributed by atoms with Gasteiger partial charge in [-0.1, -0.05) is 12.8 Å². The van der Waals surface area contributed by atoms with Crippen molar-refractivity contribution in [3.8, 4) is 5.75 Å². The van der Waals surface area contributed by atoms with Crippen LogP contribution < -0.4 is 9.46 Å². The molecule has 0 amide bonds. The molecule has 0 aliphatic rings. The summed E-state index contributed by atoms with van der Waals surface area (Å²) in [6, 6.07) is 4.18. The minimum absolute atomic E-state index is 0.325. The van der Waals surface area contributed by atoms with Crippen LogP contribution in [0.15, 0.2) is 18.2 Å². The second kappa shape index (κ2) is 3.48. The molecule has 0 saturated heterocycles. The highest BCUT2D eigenvalue weighted by atomic mass is 32.1. The number of ether oxygens (including phenoxy) is 1. The van der Waals surface area contributed by atoms with Crippen molar-refractivity contribution in [2.45, 2.75) is 0 Å². The molecule has 2 nitrogen and oxygen atoms in total. The lowest BCUT2D eigenvalue weighted by Gasteiger charge is -2.05. The number of thiol groups is 1. The zero-order valence-corrected chi connectivity index (χ0v) is 6.86. The third-order valence-electron chi connectivity index (χ3n) is 1.28. The summed E-state index contributed by atoms with van der Waals surface area (Å²) in [5.41, 5.74) is 0.650. The Morgan fingerprint density at radius 2 is 2.27 bits per heavy atom. The molecular weight excluding hydrogens is 165 g/mol. The molecule has 0 aliphatic heterocycles. The lowest BCUT2D eigenvalue weighted by Crippen LogP contribution is -1.89. The fourth-order valence-electron chi connectivity index (χ4n) is 0.757. The highest BCUT2D eigenvalue weighted by Gasteiger charge is 2.01. The summed E-state index contributed by atoms with van der Waals surface area (Å²) in [4.78, 5) is 0. The standard InChI is InChI=1S/C7H8FNOS/c1-10-7-4-5(8)2-3-6(7)9-11/h2-4,9,11H,1H3. The Morgan fingerprint density at radius 1 is 1.55 bits per heavy atom. The molecule has 1 aromatic rings. The third-order valence-corrected chi connectivity index (χ3v) is 1.52. The number of rotatable bonds is 2. The Balaban J connectivity index is 3.06. The highest BCUT2D eigenvalue weighted by Crippen LogP contribution is 2.24. The van der Waals surface area contributed by atoms with Gasteiger partial charge in [-0.15, -0.1) is 0 Å². The summed E-state index contributed by atoms with van der Waals surface area (Å²) >= 11 is 3.82. The fourth-order valence-corrected chi connectivity index (χ4v) is 0.942. The Labute approximate surface area is 69.9 Å². The van der Waals surface area contributed by atoms with Crippen LogP contribution >= 0.6 is 12.8 Å². The minimum Gasteiger partial charge on any atom is -0.494 e. The van der Waals surface area contributed by atoms with Gasteiger partial charge in [0.2, 0.25) is 0 Å². The van der Waals surface area contributed by atoms with Crippen LogP contribution in [0.3, 0.4) is 0 Å². The molecule has 1 rings (SSSR count). The maximum Gasteiger partial charge on any atom is 0.145 e. The van der Waals surface area contributed by atoms with E-state index in [0.29, 0.717) is 11.4 Å². The molecular formula is C7H8FNOS. The van der Waals surface area contributed by atoms with Gasteiger partial charge in [0.1, 0.15) is 11.6 Å². The zero-order valence-electron chi connectivity index (χ0n) is 5.97. The first-order valence-electron chi connectivity index (χ1n) is 3.01. The third kappa shape index (κ3) is 1.77. The first-order valence-corrected chi connectivity index (χ1v) is 3.46. The molecule has 0 bridgehead atoms. The quantitative estimate of drug-likeness (QED) is 0.668. The molecule has 0 fully saturated rings. The molecule has 11 heavy (non-hydrogen) atoms. The van der Waals surface area contributed by atoms with Crippen LogP contribution in [-0.4, -0.2) is 7.11 Å². The van der Waals surface area contributed by atoms with Gasteiger partial charge in [0, 0.05) is 6.07 Å². The Morgan fingerprint density at radius 3 is 2.82 bits per heavy atom. The van der Waals surface area contributed by atoms with E-state index < -0.39 is 0 Å². The average molecular weight is 173 g/mol. The van der Waals surface area contributed by atoms with E-state index in [0.717, 1.165) is 0 Å². The maximum absolute atomic E-state index is 12.5. The fraction of sp³-hybridized carbons (Fsp3) is 0.143. The van der Waals surface area contributed by atoms with E-state index in [4.69, 9.17) is 4.74 Å². The molecule has 0 spiro atoms.